The van der Waals surface area contributed by atoms with Gasteiger partial charge in [-0.15, -0.1) is 10.2 Å². The van der Waals surface area contributed by atoms with Crippen LogP contribution in [0.25, 0.3) is 11.4 Å². The lowest BCUT2D eigenvalue weighted by atomic mass is 9.93. The summed E-state index contributed by atoms with van der Waals surface area (Å²) in [5, 5.41) is 9.20. The molecule has 0 saturated carbocycles. The number of anilines is 1. The smallest absolute Gasteiger partial charge is 0.205 e. The van der Waals surface area contributed by atoms with Gasteiger partial charge >= 0.3 is 0 Å². The summed E-state index contributed by atoms with van der Waals surface area (Å²) < 4.78 is 6.54. The molecule has 1 saturated heterocycles. The first-order chi connectivity index (χ1) is 11.8. The van der Waals surface area contributed by atoms with Gasteiger partial charge in [-0.05, 0) is 18.8 Å². The van der Waals surface area contributed by atoms with Gasteiger partial charge in [0.05, 0.1) is 0 Å². The number of hydrogen-bond donors (Lipinski definition) is 0. The number of benzene rings is 1. The SMILES string of the molecule is Cn1cnnc1CC1CCN(c2nc(-c3ccccc3)ns2)CC1. The molecular formula is C17H20N6S. The van der Waals surface area contributed by atoms with Gasteiger partial charge in [-0.1, -0.05) is 30.3 Å². The minimum absolute atomic E-state index is 0.672. The summed E-state index contributed by atoms with van der Waals surface area (Å²) in [6, 6.07) is 10.2. The van der Waals surface area contributed by atoms with Gasteiger partial charge in [0.25, 0.3) is 0 Å². The monoisotopic (exact) mass is 340 g/mol. The first-order valence-electron chi connectivity index (χ1n) is 8.26. The third kappa shape index (κ3) is 3.17. The average molecular weight is 340 g/mol. The maximum atomic E-state index is 4.73. The average Bonchev–Trinajstić information content (AvgIpc) is 3.26. The van der Waals surface area contributed by atoms with Crippen molar-refractivity contribution in [3.63, 3.8) is 0 Å². The van der Waals surface area contributed by atoms with Crippen LogP contribution in [-0.2, 0) is 13.5 Å². The fourth-order valence-corrected chi connectivity index (χ4v) is 3.87. The Morgan fingerprint density at radius 2 is 1.96 bits per heavy atom. The number of nitrogens with zero attached hydrogens (tertiary/aromatic N) is 6. The van der Waals surface area contributed by atoms with Crippen molar-refractivity contribution in [2.24, 2.45) is 13.0 Å². The molecule has 24 heavy (non-hydrogen) atoms. The number of aryl methyl sites for hydroxylation is 1. The van der Waals surface area contributed by atoms with Crippen LogP contribution in [-0.4, -0.2) is 37.2 Å². The van der Waals surface area contributed by atoms with Gasteiger partial charge in [0.1, 0.15) is 12.2 Å². The molecule has 1 aliphatic heterocycles. The van der Waals surface area contributed by atoms with Crippen molar-refractivity contribution in [2.75, 3.05) is 18.0 Å². The van der Waals surface area contributed by atoms with Crippen LogP contribution >= 0.6 is 11.5 Å². The fourth-order valence-electron chi connectivity index (χ4n) is 3.13. The van der Waals surface area contributed by atoms with Crippen molar-refractivity contribution in [2.45, 2.75) is 19.3 Å². The maximum Gasteiger partial charge on any atom is 0.205 e. The molecule has 4 rings (SSSR count). The minimum Gasteiger partial charge on any atom is -0.347 e. The van der Waals surface area contributed by atoms with Crippen LogP contribution < -0.4 is 4.90 Å². The predicted molar refractivity (Wildman–Crippen MR) is 95.0 cm³/mol. The normalized spacial score (nSPS) is 15.8. The third-order valence-corrected chi connectivity index (χ3v) is 5.39. The van der Waals surface area contributed by atoms with Crippen molar-refractivity contribution in [3.05, 3.63) is 42.5 Å². The molecule has 6 nitrogen and oxygen atoms in total. The number of hydrogen-bond acceptors (Lipinski definition) is 6. The predicted octanol–water partition coefficient (Wildman–Crippen LogP) is 2.79. The summed E-state index contributed by atoms with van der Waals surface area (Å²) in [7, 11) is 2.01. The molecule has 1 fully saturated rings. The van der Waals surface area contributed by atoms with Gasteiger partial charge < -0.3 is 9.47 Å². The Bertz CT molecular complexity index is 788. The lowest BCUT2D eigenvalue weighted by Gasteiger charge is -2.31. The first-order valence-corrected chi connectivity index (χ1v) is 9.04. The highest BCUT2D eigenvalue weighted by molar-refractivity contribution is 7.09. The van der Waals surface area contributed by atoms with Gasteiger partial charge in [-0.25, -0.2) is 0 Å². The summed E-state index contributed by atoms with van der Waals surface area (Å²) in [6.45, 7) is 2.07. The second kappa shape index (κ2) is 6.68. The summed E-state index contributed by atoms with van der Waals surface area (Å²) in [4.78, 5) is 7.08. The first kappa shape index (κ1) is 15.3. The van der Waals surface area contributed by atoms with Crippen molar-refractivity contribution >= 4 is 16.7 Å². The van der Waals surface area contributed by atoms with E-state index in [1.165, 1.54) is 11.5 Å². The molecule has 0 amide bonds. The van der Waals surface area contributed by atoms with Gasteiger partial charge in [-0.2, -0.15) is 9.36 Å². The Kier molecular flexibility index (Phi) is 4.25. The highest BCUT2D eigenvalue weighted by Crippen LogP contribution is 2.28. The Morgan fingerprint density at radius 3 is 2.67 bits per heavy atom. The molecule has 1 aromatic carbocycles. The van der Waals surface area contributed by atoms with Crippen molar-refractivity contribution in [3.8, 4) is 11.4 Å². The van der Waals surface area contributed by atoms with E-state index in [1.807, 2.05) is 29.8 Å². The summed E-state index contributed by atoms with van der Waals surface area (Å²) in [6.07, 6.45) is 5.10. The van der Waals surface area contributed by atoms with Crippen LogP contribution in [0.2, 0.25) is 0 Å². The largest absolute Gasteiger partial charge is 0.347 e. The van der Waals surface area contributed by atoms with Crippen molar-refractivity contribution in [1.82, 2.24) is 24.1 Å². The molecule has 0 atom stereocenters. The zero-order valence-electron chi connectivity index (χ0n) is 13.7. The van der Waals surface area contributed by atoms with Crippen LogP contribution in [0.5, 0.6) is 0 Å². The number of rotatable bonds is 4. The van der Waals surface area contributed by atoms with E-state index in [2.05, 4.69) is 31.6 Å². The zero-order valence-corrected chi connectivity index (χ0v) is 14.5. The molecule has 2 aromatic heterocycles. The topological polar surface area (TPSA) is 59.7 Å². The van der Waals surface area contributed by atoms with Gasteiger partial charge in [-0.3, -0.25) is 0 Å². The second-order valence-corrected chi connectivity index (χ2v) is 6.99. The van der Waals surface area contributed by atoms with E-state index in [9.17, 15) is 0 Å². The Balaban J connectivity index is 1.38. The Hall–Kier alpha value is -2.28. The summed E-state index contributed by atoms with van der Waals surface area (Å²) in [5.74, 6) is 2.58. The van der Waals surface area contributed by atoms with Crippen LogP contribution in [0.15, 0.2) is 36.7 Å². The standard InChI is InChI=1S/C17H20N6S/c1-22-12-18-20-15(22)11-13-7-9-23(10-8-13)17-19-16(21-24-17)14-5-3-2-4-6-14/h2-6,12-13H,7-11H2,1H3. The third-order valence-electron chi connectivity index (χ3n) is 4.61. The van der Waals surface area contributed by atoms with Crippen molar-refractivity contribution in [1.29, 1.82) is 0 Å². The molecule has 0 aliphatic carbocycles. The van der Waals surface area contributed by atoms with Gasteiger partial charge in [0, 0.05) is 43.7 Å². The van der Waals surface area contributed by atoms with Crippen LogP contribution in [0.4, 0.5) is 5.13 Å². The van der Waals surface area contributed by atoms with E-state index in [0.717, 1.165) is 54.7 Å². The number of aromatic nitrogens is 5. The van der Waals surface area contributed by atoms with Crippen molar-refractivity contribution < 1.29 is 0 Å². The Labute approximate surface area is 145 Å². The van der Waals surface area contributed by atoms with Crippen LogP contribution in [0, 0.1) is 5.92 Å². The summed E-state index contributed by atoms with van der Waals surface area (Å²) >= 11 is 1.50. The fraction of sp³-hybridized carbons (Fsp3) is 0.412. The van der Waals surface area contributed by atoms with E-state index >= 15 is 0 Å². The molecule has 0 N–H and O–H groups in total. The molecule has 0 unspecified atom stereocenters. The molecule has 124 valence electrons. The Morgan fingerprint density at radius 1 is 1.17 bits per heavy atom. The molecule has 0 bridgehead atoms. The molecule has 0 spiro atoms. The second-order valence-electron chi connectivity index (χ2n) is 6.26. The molecule has 7 heteroatoms. The number of piperidine rings is 1. The molecule has 1 aliphatic rings. The lowest BCUT2D eigenvalue weighted by Crippen LogP contribution is -2.34. The highest BCUT2D eigenvalue weighted by atomic mass is 32.1. The van der Waals surface area contributed by atoms with E-state index in [0.29, 0.717) is 5.92 Å². The zero-order chi connectivity index (χ0) is 16.4. The maximum absolute atomic E-state index is 4.73. The van der Waals surface area contributed by atoms with Gasteiger partial charge in [0.15, 0.2) is 5.82 Å². The van der Waals surface area contributed by atoms with E-state index in [-0.39, 0.29) is 0 Å². The summed E-state index contributed by atoms with van der Waals surface area (Å²) in [5.41, 5.74) is 1.08. The van der Waals surface area contributed by atoms with Crippen LogP contribution in [0.3, 0.4) is 0 Å². The van der Waals surface area contributed by atoms with Gasteiger partial charge in [0.2, 0.25) is 5.13 Å². The lowest BCUT2D eigenvalue weighted by molar-refractivity contribution is 0.393. The molecule has 0 radical (unpaired) electrons. The quantitative estimate of drug-likeness (QED) is 0.731. The van der Waals surface area contributed by atoms with E-state index in [4.69, 9.17) is 4.98 Å². The van der Waals surface area contributed by atoms with Crippen LogP contribution in [0.1, 0.15) is 18.7 Å². The molecular weight excluding hydrogens is 320 g/mol. The minimum atomic E-state index is 0.672. The van der Waals surface area contributed by atoms with E-state index in [1.54, 1.807) is 6.33 Å². The van der Waals surface area contributed by atoms with E-state index < -0.39 is 0 Å². The molecule has 3 aromatic rings. The highest BCUT2D eigenvalue weighted by Gasteiger charge is 2.23. The molecule has 3 heterocycles.